The molecule has 1 heterocycles. The Hall–Kier alpha value is -3.28. The van der Waals surface area contributed by atoms with Crippen LogP contribution in [-0.2, 0) is 13.5 Å². The molecule has 0 bridgehead atoms. The van der Waals surface area contributed by atoms with E-state index in [1.807, 2.05) is 42.1 Å². The topological polar surface area (TPSA) is 68.2 Å². The molecule has 0 aliphatic carbocycles. The fourth-order valence-electron chi connectivity index (χ4n) is 3.35. The van der Waals surface area contributed by atoms with Gasteiger partial charge in [-0.3, -0.25) is 0 Å². The van der Waals surface area contributed by atoms with Gasteiger partial charge in [0.25, 0.3) is 0 Å². The zero-order valence-electron chi connectivity index (χ0n) is 18.1. The van der Waals surface area contributed by atoms with Crippen LogP contribution in [0.1, 0.15) is 48.3 Å². The van der Waals surface area contributed by atoms with Crippen LogP contribution in [0.2, 0.25) is 0 Å². The number of urea groups is 1. The molecule has 2 N–H and O–H groups in total. The van der Waals surface area contributed by atoms with E-state index in [1.54, 1.807) is 13.3 Å². The van der Waals surface area contributed by atoms with Crippen molar-refractivity contribution in [3.05, 3.63) is 83.4 Å². The normalized spacial score (nSPS) is 11.9. The fourth-order valence-corrected chi connectivity index (χ4v) is 3.35. The molecule has 30 heavy (non-hydrogen) atoms. The molecule has 0 saturated heterocycles. The third kappa shape index (κ3) is 5.41. The summed E-state index contributed by atoms with van der Waals surface area (Å²) in [6, 6.07) is 15.6. The van der Waals surface area contributed by atoms with Crippen molar-refractivity contribution in [2.45, 2.75) is 32.2 Å². The van der Waals surface area contributed by atoms with Gasteiger partial charge in [-0.25, -0.2) is 9.78 Å². The number of methoxy groups -OCH3 is 1. The molecule has 0 aliphatic rings. The minimum Gasteiger partial charge on any atom is -0.497 e. The lowest BCUT2D eigenvalue weighted by molar-refractivity contribution is 0.238. The van der Waals surface area contributed by atoms with Gasteiger partial charge in [0.15, 0.2) is 0 Å². The highest BCUT2D eigenvalue weighted by Crippen LogP contribution is 2.24. The van der Waals surface area contributed by atoms with Gasteiger partial charge in [-0.15, -0.1) is 0 Å². The van der Waals surface area contributed by atoms with E-state index in [0.29, 0.717) is 12.5 Å². The predicted octanol–water partition coefficient (Wildman–Crippen LogP) is 4.18. The van der Waals surface area contributed by atoms with Gasteiger partial charge < -0.3 is 19.9 Å². The molecule has 1 atom stereocenters. The molecule has 2 aromatic carbocycles. The first-order valence-electron chi connectivity index (χ1n) is 10.2. The van der Waals surface area contributed by atoms with Crippen LogP contribution in [0.25, 0.3) is 0 Å². The summed E-state index contributed by atoms with van der Waals surface area (Å²) in [6.07, 6.45) is 4.36. The Labute approximate surface area is 178 Å². The molecule has 3 aromatic rings. The molecule has 0 fully saturated rings. The maximum atomic E-state index is 12.6. The third-order valence-corrected chi connectivity index (χ3v) is 5.16. The van der Waals surface area contributed by atoms with Gasteiger partial charge in [0.1, 0.15) is 17.6 Å². The molecule has 0 spiro atoms. The number of imidazole rings is 1. The molecule has 1 unspecified atom stereocenters. The van der Waals surface area contributed by atoms with Crippen LogP contribution in [0.5, 0.6) is 5.75 Å². The summed E-state index contributed by atoms with van der Waals surface area (Å²) in [5.41, 5.74) is 3.43. The van der Waals surface area contributed by atoms with Crippen molar-refractivity contribution in [1.29, 1.82) is 0 Å². The molecule has 0 radical (unpaired) electrons. The number of nitrogens with zero attached hydrogens (tertiary/aromatic N) is 2. The number of hydrogen-bond donors (Lipinski definition) is 2. The van der Waals surface area contributed by atoms with Crippen molar-refractivity contribution >= 4 is 6.03 Å². The Morgan fingerprint density at radius 3 is 2.53 bits per heavy atom. The maximum Gasteiger partial charge on any atom is 0.315 e. The van der Waals surface area contributed by atoms with Gasteiger partial charge in [-0.05, 0) is 41.2 Å². The standard InChI is InChI=1S/C24H30N4O2/c1-17(2)19-10-8-18(9-11-19)12-13-26-24(29)27-22(23-25-14-15-28(23)3)20-6-5-7-21(16-20)30-4/h5-11,14-17,22H,12-13H2,1-4H3,(H2,26,27,29). The van der Waals surface area contributed by atoms with Crippen LogP contribution in [-0.4, -0.2) is 29.2 Å². The summed E-state index contributed by atoms with van der Waals surface area (Å²) >= 11 is 0. The number of carbonyl (C=O) groups is 1. The number of hydrogen-bond acceptors (Lipinski definition) is 3. The van der Waals surface area contributed by atoms with Gasteiger partial charge >= 0.3 is 6.03 Å². The van der Waals surface area contributed by atoms with Crippen LogP contribution in [0, 0.1) is 0 Å². The number of nitrogens with one attached hydrogen (secondary N) is 2. The average molecular weight is 407 g/mol. The van der Waals surface area contributed by atoms with Gasteiger partial charge in [-0.1, -0.05) is 50.2 Å². The van der Waals surface area contributed by atoms with E-state index in [1.165, 1.54) is 11.1 Å². The lowest BCUT2D eigenvalue weighted by Gasteiger charge is -2.20. The Morgan fingerprint density at radius 1 is 1.13 bits per heavy atom. The smallest absolute Gasteiger partial charge is 0.315 e. The van der Waals surface area contributed by atoms with Crippen LogP contribution < -0.4 is 15.4 Å². The minimum absolute atomic E-state index is 0.232. The molecule has 158 valence electrons. The number of aryl methyl sites for hydroxylation is 1. The highest BCUT2D eigenvalue weighted by atomic mass is 16.5. The predicted molar refractivity (Wildman–Crippen MR) is 119 cm³/mol. The lowest BCUT2D eigenvalue weighted by Crippen LogP contribution is -2.40. The number of ether oxygens (including phenoxy) is 1. The zero-order chi connectivity index (χ0) is 21.5. The Balaban J connectivity index is 1.64. The summed E-state index contributed by atoms with van der Waals surface area (Å²) < 4.78 is 7.24. The monoisotopic (exact) mass is 406 g/mol. The van der Waals surface area contributed by atoms with E-state index in [-0.39, 0.29) is 12.1 Å². The molecular weight excluding hydrogens is 376 g/mol. The molecule has 2 amide bonds. The van der Waals surface area contributed by atoms with Crippen LogP contribution in [0.15, 0.2) is 60.9 Å². The van der Waals surface area contributed by atoms with E-state index in [2.05, 4.69) is 53.7 Å². The number of aromatic nitrogens is 2. The van der Waals surface area contributed by atoms with Gasteiger partial charge in [-0.2, -0.15) is 0 Å². The molecule has 3 rings (SSSR count). The highest BCUT2D eigenvalue weighted by Gasteiger charge is 2.21. The summed E-state index contributed by atoms with van der Waals surface area (Å²) in [6.45, 7) is 4.92. The zero-order valence-corrected chi connectivity index (χ0v) is 18.1. The van der Waals surface area contributed by atoms with Crippen LogP contribution in [0.3, 0.4) is 0 Å². The van der Waals surface area contributed by atoms with Gasteiger partial charge in [0, 0.05) is 26.0 Å². The third-order valence-electron chi connectivity index (χ3n) is 5.16. The first kappa shape index (κ1) is 21.4. The summed E-state index contributed by atoms with van der Waals surface area (Å²) in [5, 5.41) is 6.01. The van der Waals surface area contributed by atoms with Crippen LogP contribution in [0.4, 0.5) is 4.79 Å². The van der Waals surface area contributed by atoms with Crippen LogP contribution >= 0.6 is 0 Å². The largest absolute Gasteiger partial charge is 0.497 e. The van der Waals surface area contributed by atoms with Crippen molar-refractivity contribution in [3.63, 3.8) is 0 Å². The van der Waals surface area contributed by atoms with E-state index in [4.69, 9.17) is 4.74 Å². The van der Waals surface area contributed by atoms with E-state index >= 15 is 0 Å². The van der Waals surface area contributed by atoms with Crippen molar-refractivity contribution < 1.29 is 9.53 Å². The van der Waals surface area contributed by atoms with E-state index < -0.39 is 0 Å². The van der Waals surface area contributed by atoms with Crippen molar-refractivity contribution in [3.8, 4) is 5.75 Å². The van der Waals surface area contributed by atoms with Crippen molar-refractivity contribution in [1.82, 2.24) is 20.2 Å². The number of rotatable bonds is 8. The van der Waals surface area contributed by atoms with Gasteiger partial charge in [0.05, 0.1) is 7.11 Å². The highest BCUT2D eigenvalue weighted by molar-refractivity contribution is 5.74. The molecule has 6 heteroatoms. The van der Waals surface area contributed by atoms with Gasteiger partial charge in [0.2, 0.25) is 0 Å². The quantitative estimate of drug-likeness (QED) is 0.590. The number of benzene rings is 2. The van der Waals surface area contributed by atoms with E-state index in [9.17, 15) is 4.79 Å². The molecule has 1 aromatic heterocycles. The Bertz CT molecular complexity index is 963. The van der Waals surface area contributed by atoms with Crippen molar-refractivity contribution in [2.75, 3.05) is 13.7 Å². The summed E-state index contributed by atoms with van der Waals surface area (Å²) in [4.78, 5) is 17.1. The molecule has 6 nitrogen and oxygen atoms in total. The van der Waals surface area contributed by atoms with Crippen molar-refractivity contribution in [2.24, 2.45) is 7.05 Å². The first-order valence-corrected chi connectivity index (χ1v) is 10.2. The van der Waals surface area contributed by atoms with E-state index in [0.717, 1.165) is 23.6 Å². The number of carbonyl (C=O) groups excluding carboxylic acids is 1. The summed E-state index contributed by atoms with van der Waals surface area (Å²) in [7, 11) is 3.54. The Kier molecular flexibility index (Phi) is 7.12. The minimum atomic E-state index is -0.384. The first-order chi connectivity index (χ1) is 14.5. The second-order valence-corrected chi connectivity index (χ2v) is 7.65. The average Bonchev–Trinajstić information content (AvgIpc) is 3.18. The molecule has 0 aliphatic heterocycles. The number of amides is 2. The Morgan fingerprint density at radius 2 is 1.90 bits per heavy atom. The second-order valence-electron chi connectivity index (χ2n) is 7.65. The second kappa shape index (κ2) is 9.96. The summed E-state index contributed by atoms with van der Waals surface area (Å²) in [5.74, 6) is 2.00. The SMILES string of the molecule is COc1cccc(C(NC(=O)NCCc2ccc(C(C)C)cc2)c2nccn2C)c1. The lowest BCUT2D eigenvalue weighted by atomic mass is 10.0. The molecular formula is C24H30N4O2. The molecule has 0 saturated carbocycles. The maximum absolute atomic E-state index is 12.6. The fraction of sp³-hybridized carbons (Fsp3) is 0.333.